The number of carbonyl (C=O) groups excluding carboxylic acids is 2. The third-order valence-electron chi connectivity index (χ3n) is 7.14. The van der Waals surface area contributed by atoms with E-state index in [2.05, 4.69) is 29.6 Å². The van der Waals surface area contributed by atoms with Gasteiger partial charge in [-0.1, -0.05) is 78.9 Å². The molecule has 42 heavy (non-hydrogen) atoms. The summed E-state index contributed by atoms with van der Waals surface area (Å²) >= 11 is 0. The first kappa shape index (κ1) is 28.9. The molecule has 0 heterocycles. The molecule has 5 rings (SSSR count). The number of amides is 1. The molecule has 0 bridgehead atoms. The molecule has 1 aliphatic rings. The zero-order valence-electron chi connectivity index (χ0n) is 23.1. The number of rotatable bonds is 11. The number of hydrogen-bond donors (Lipinski definition) is 1. The summed E-state index contributed by atoms with van der Waals surface area (Å²) in [6.07, 6.45) is -0.584. The van der Waals surface area contributed by atoms with Gasteiger partial charge in [-0.15, -0.1) is 0 Å². The van der Waals surface area contributed by atoms with E-state index in [1.165, 1.54) is 24.3 Å². The van der Waals surface area contributed by atoms with Gasteiger partial charge in [-0.25, -0.2) is 4.79 Å². The standard InChI is InChI=1S/C33H31NO7S/c1-2-39-32(35)20-24(23-16-18-25(19-17-23)41-42(37,38)26-10-4-3-5-11-26)21-34-33(36)40-22-31-29-14-8-6-12-27(29)28-13-7-9-15-30(28)31/h3-19,24,31H,2,20-22H2,1H3,(H,34,36). The first-order valence-electron chi connectivity index (χ1n) is 13.7. The minimum atomic E-state index is -3.99. The largest absolute Gasteiger partial charge is 0.466 e. The summed E-state index contributed by atoms with van der Waals surface area (Å²) < 4.78 is 41.2. The Morgan fingerprint density at radius 1 is 0.786 bits per heavy atom. The lowest BCUT2D eigenvalue weighted by Crippen LogP contribution is -2.31. The lowest BCUT2D eigenvalue weighted by atomic mass is 9.95. The molecule has 1 amide bonds. The summed E-state index contributed by atoms with van der Waals surface area (Å²) in [5.74, 6) is -0.798. The minimum Gasteiger partial charge on any atom is -0.466 e. The van der Waals surface area contributed by atoms with Crippen molar-refractivity contribution in [1.82, 2.24) is 5.32 Å². The van der Waals surface area contributed by atoms with Gasteiger partial charge in [0.1, 0.15) is 17.3 Å². The maximum absolute atomic E-state index is 12.8. The van der Waals surface area contributed by atoms with Crippen molar-refractivity contribution < 1.29 is 31.7 Å². The number of nitrogens with one attached hydrogen (secondary N) is 1. The Bertz CT molecular complexity index is 1610. The summed E-state index contributed by atoms with van der Waals surface area (Å²) in [7, 11) is -3.99. The molecular formula is C33H31NO7S. The first-order chi connectivity index (χ1) is 20.4. The molecule has 4 aromatic rings. The topological polar surface area (TPSA) is 108 Å². The highest BCUT2D eigenvalue weighted by Gasteiger charge is 2.29. The summed E-state index contributed by atoms with van der Waals surface area (Å²) in [6.45, 7) is 2.24. The van der Waals surface area contributed by atoms with Crippen LogP contribution in [0.15, 0.2) is 108 Å². The van der Waals surface area contributed by atoms with Crippen molar-refractivity contribution in [2.24, 2.45) is 0 Å². The van der Waals surface area contributed by atoms with E-state index >= 15 is 0 Å². The molecule has 0 saturated carbocycles. The van der Waals surface area contributed by atoms with Gasteiger partial charge >= 0.3 is 22.2 Å². The second-order valence-electron chi connectivity index (χ2n) is 9.83. The van der Waals surface area contributed by atoms with Gasteiger partial charge in [0.25, 0.3) is 0 Å². The lowest BCUT2D eigenvalue weighted by molar-refractivity contribution is -0.143. The molecule has 0 fully saturated rings. The molecule has 4 aromatic carbocycles. The highest BCUT2D eigenvalue weighted by atomic mass is 32.2. The van der Waals surface area contributed by atoms with Crippen LogP contribution in [0.2, 0.25) is 0 Å². The van der Waals surface area contributed by atoms with Crippen molar-refractivity contribution in [3.63, 3.8) is 0 Å². The quantitative estimate of drug-likeness (QED) is 0.169. The van der Waals surface area contributed by atoms with Crippen LogP contribution in [-0.4, -0.2) is 40.2 Å². The van der Waals surface area contributed by atoms with Crippen molar-refractivity contribution in [3.05, 3.63) is 120 Å². The van der Waals surface area contributed by atoms with E-state index in [0.717, 1.165) is 22.3 Å². The van der Waals surface area contributed by atoms with Gasteiger partial charge in [0.05, 0.1) is 13.0 Å². The molecule has 0 aliphatic heterocycles. The van der Waals surface area contributed by atoms with Gasteiger partial charge in [0.15, 0.2) is 0 Å². The molecule has 0 saturated heterocycles. The molecule has 1 aliphatic carbocycles. The maximum atomic E-state index is 12.8. The molecule has 8 nitrogen and oxygen atoms in total. The van der Waals surface area contributed by atoms with Crippen LogP contribution in [0.5, 0.6) is 5.75 Å². The number of carbonyl (C=O) groups is 2. The van der Waals surface area contributed by atoms with E-state index in [0.29, 0.717) is 5.56 Å². The van der Waals surface area contributed by atoms with Gasteiger partial charge in [-0.2, -0.15) is 8.42 Å². The first-order valence-corrected chi connectivity index (χ1v) is 15.1. The molecular weight excluding hydrogens is 554 g/mol. The zero-order chi connectivity index (χ0) is 29.5. The van der Waals surface area contributed by atoms with Crippen LogP contribution in [0, 0.1) is 0 Å². The van der Waals surface area contributed by atoms with E-state index in [1.807, 2.05) is 24.3 Å². The van der Waals surface area contributed by atoms with Crippen LogP contribution >= 0.6 is 0 Å². The fourth-order valence-corrected chi connectivity index (χ4v) is 6.09. The predicted molar refractivity (Wildman–Crippen MR) is 158 cm³/mol. The van der Waals surface area contributed by atoms with Gasteiger partial charge in [-0.3, -0.25) is 4.79 Å². The number of alkyl carbamates (subject to hydrolysis) is 1. The van der Waals surface area contributed by atoms with Gasteiger partial charge in [0, 0.05) is 18.4 Å². The van der Waals surface area contributed by atoms with E-state index in [1.54, 1.807) is 37.3 Å². The van der Waals surface area contributed by atoms with Gasteiger partial charge in [0.2, 0.25) is 0 Å². The number of fused-ring (bicyclic) bond motifs is 3. The summed E-state index contributed by atoms with van der Waals surface area (Å²) in [4.78, 5) is 25.2. The monoisotopic (exact) mass is 585 g/mol. The molecule has 0 radical (unpaired) electrons. The van der Waals surface area contributed by atoms with Crippen LogP contribution in [0.25, 0.3) is 11.1 Å². The molecule has 0 aromatic heterocycles. The Kier molecular flexibility index (Phi) is 8.88. The van der Waals surface area contributed by atoms with Crippen LogP contribution in [0.4, 0.5) is 4.79 Å². The molecule has 1 N–H and O–H groups in total. The SMILES string of the molecule is CCOC(=O)CC(CNC(=O)OCC1c2ccccc2-c2ccccc21)c1ccc(OS(=O)(=O)c2ccccc2)cc1. The van der Waals surface area contributed by atoms with E-state index in [4.69, 9.17) is 13.7 Å². The Balaban J connectivity index is 1.23. The number of ether oxygens (including phenoxy) is 2. The molecule has 1 atom stereocenters. The van der Waals surface area contributed by atoms with E-state index in [9.17, 15) is 18.0 Å². The van der Waals surface area contributed by atoms with Crippen molar-refractivity contribution in [2.45, 2.75) is 30.1 Å². The van der Waals surface area contributed by atoms with Crippen LogP contribution in [0.3, 0.4) is 0 Å². The Morgan fingerprint density at radius 2 is 1.38 bits per heavy atom. The molecule has 9 heteroatoms. The predicted octanol–water partition coefficient (Wildman–Crippen LogP) is 6.03. The smallest absolute Gasteiger partial charge is 0.407 e. The average Bonchev–Trinajstić information content (AvgIpc) is 3.32. The minimum absolute atomic E-state index is 0.0139. The van der Waals surface area contributed by atoms with Crippen molar-refractivity contribution in [1.29, 1.82) is 0 Å². The van der Waals surface area contributed by atoms with Crippen LogP contribution < -0.4 is 9.50 Å². The highest BCUT2D eigenvalue weighted by Crippen LogP contribution is 2.44. The second-order valence-corrected chi connectivity index (χ2v) is 11.4. The van der Waals surface area contributed by atoms with E-state index in [-0.39, 0.29) is 42.7 Å². The Hall–Kier alpha value is -4.63. The highest BCUT2D eigenvalue weighted by molar-refractivity contribution is 7.87. The fourth-order valence-electron chi connectivity index (χ4n) is 5.14. The molecule has 0 spiro atoms. The zero-order valence-corrected chi connectivity index (χ0v) is 23.9. The number of benzene rings is 4. The summed E-state index contributed by atoms with van der Waals surface area (Å²) in [6, 6.07) is 30.4. The lowest BCUT2D eigenvalue weighted by Gasteiger charge is -2.19. The normalized spacial score (nSPS) is 13.0. The van der Waals surface area contributed by atoms with E-state index < -0.39 is 28.1 Å². The summed E-state index contributed by atoms with van der Waals surface area (Å²) in [5, 5.41) is 2.78. The third kappa shape index (κ3) is 6.63. The Labute approximate surface area is 245 Å². The Morgan fingerprint density at radius 3 is 2.00 bits per heavy atom. The van der Waals surface area contributed by atoms with Crippen molar-refractivity contribution in [2.75, 3.05) is 19.8 Å². The number of hydrogen-bond acceptors (Lipinski definition) is 7. The number of esters is 1. The third-order valence-corrected chi connectivity index (χ3v) is 8.41. The maximum Gasteiger partial charge on any atom is 0.407 e. The summed E-state index contributed by atoms with van der Waals surface area (Å²) in [5.41, 5.74) is 5.21. The fraction of sp³-hybridized carbons (Fsp3) is 0.212. The van der Waals surface area contributed by atoms with Crippen LogP contribution in [-0.2, 0) is 24.4 Å². The molecule has 1 unspecified atom stereocenters. The van der Waals surface area contributed by atoms with Crippen LogP contribution in [0.1, 0.15) is 41.9 Å². The second kappa shape index (κ2) is 12.9. The molecule has 216 valence electrons. The van der Waals surface area contributed by atoms with Crippen molar-refractivity contribution in [3.8, 4) is 16.9 Å². The average molecular weight is 586 g/mol. The van der Waals surface area contributed by atoms with Crippen molar-refractivity contribution >= 4 is 22.2 Å². The van der Waals surface area contributed by atoms with Gasteiger partial charge < -0.3 is 19.0 Å². The van der Waals surface area contributed by atoms with Gasteiger partial charge in [-0.05, 0) is 59.0 Å².